The lowest BCUT2D eigenvalue weighted by Crippen LogP contribution is -1.71. The van der Waals surface area contributed by atoms with Crippen molar-refractivity contribution in [1.29, 1.82) is 0 Å². The molecule has 0 unspecified atom stereocenters. The van der Waals surface area contributed by atoms with Crippen LogP contribution < -0.4 is 0 Å². The monoisotopic (exact) mass is 178 g/mol. The van der Waals surface area contributed by atoms with Gasteiger partial charge in [-0.15, -0.1) is 0 Å². The number of rotatable bonds is 0. The normalized spacial score (nSPS) is 10.4. The predicted octanol–water partition coefficient (Wildman–Crippen LogP) is 3.20. The van der Waals surface area contributed by atoms with E-state index in [0.717, 1.165) is 10.8 Å². The number of hydrogen-bond acceptors (Lipinski definition) is 1. The molecule has 1 N–H and O–H groups in total. The molecule has 0 heterocycles. The summed E-state index contributed by atoms with van der Waals surface area (Å²) in [6.07, 6.45) is 0. The Hall–Kier alpha value is -1.21. The minimum absolute atomic E-state index is 0.282. The van der Waals surface area contributed by atoms with Crippen molar-refractivity contribution in [2.75, 3.05) is 0 Å². The van der Waals surface area contributed by atoms with Crippen molar-refractivity contribution in [1.82, 2.24) is 0 Å². The SMILES string of the molecule is Oc1ccc2cc(Cl)ccc2c1. The van der Waals surface area contributed by atoms with Gasteiger partial charge in [0.2, 0.25) is 0 Å². The van der Waals surface area contributed by atoms with Gasteiger partial charge in [-0.2, -0.15) is 0 Å². The van der Waals surface area contributed by atoms with Crippen molar-refractivity contribution in [3.05, 3.63) is 41.4 Å². The van der Waals surface area contributed by atoms with Crippen LogP contribution in [-0.2, 0) is 0 Å². The van der Waals surface area contributed by atoms with Crippen LogP contribution in [0.25, 0.3) is 10.8 Å². The van der Waals surface area contributed by atoms with Crippen LogP contribution in [0.5, 0.6) is 5.75 Å². The summed E-state index contributed by atoms with van der Waals surface area (Å²) in [5.74, 6) is 0.282. The highest BCUT2D eigenvalue weighted by Crippen LogP contribution is 2.22. The topological polar surface area (TPSA) is 20.2 Å². The number of fused-ring (bicyclic) bond motifs is 1. The Bertz CT molecular complexity index is 382. The number of phenolic OH excluding ortho intramolecular Hbond substituents is 1. The van der Waals surface area contributed by atoms with Gasteiger partial charge in [0.1, 0.15) is 5.75 Å². The van der Waals surface area contributed by atoms with Gasteiger partial charge < -0.3 is 5.11 Å². The quantitative estimate of drug-likeness (QED) is 0.657. The lowest BCUT2D eigenvalue weighted by atomic mass is 10.1. The summed E-state index contributed by atoms with van der Waals surface area (Å²) in [4.78, 5) is 0. The fourth-order valence-corrected chi connectivity index (χ4v) is 1.38. The highest BCUT2D eigenvalue weighted by Gasteiger charge is 1.94. The Labute approximate surface area is 75.2 Å². The third-order valence-corrected chi connectivity index (χ3v) is 2.02. The van der Waals surface area contributed by atoms with Crippen LogP contribution in [0.2, 0.25) is 5.02 Å². The van der Waals surface area contributed by atoms with E-state index < -0.39 is 0 Å². The zero-order chi connectivity index (χ0) is 8.55. The molecule has 0 spiro atoms. The maximum atomic E-state index is 9.17. The minimum atomic E-state index is 0.282. The van der Waals surface area contributed by atoms with E-state index in [1.807, 2.05) is 24.3 Å². The number of benzene rings is 2. The van der Waals surface area contributed by atoms with Crippen molar-refractivity contribution in [3.63, 3.8) is 0 Å². The lowest BCUT2D eigenvalue weighted by Gasteiger charge is -1.98. The molecule has 0 radical (unpaired) electrons. The van der Waals surface area contributed by atoms with Crippen molar-refractivity contribution in [3.8, 4) is 5.75 Å². The molecule has 12 heavy (non-hydrogen) atoms. The molecule has 2 rings (SSSR count). The molecule has 1 nitrogen and oxygen atoms in total. The summed E-state index contributed by atoms with van der Waals surface area (Å²) >= 11 is 5.80. The predicted molar refractivity (Wildman–Crippen MR) is 50.6 cm³/mol. The Balaban J connectivity index is 2.79. The first-order valence-electron chi connectivity index (χ1n) is 3.64. The first-order valence-corrected chi connectivity index (χ1v) is 4.02. The summed E-state index contributed by atoms with van der Waals surface area (Å²) in [7, 11) is 0. The van der Waals surface area contributed by atoms with E-state index in [0.29, 0.717) is 5.02 Å². The number of hydrogen-bond donors (Lipinski definition) is 1. The van der Waals surface area contributed by atoms with Crippen molar-refractivity contribution >= 4 is 22.4 Å². The highest BCUT2D eigenvalue weighted by atomic mass is 35.5. The molecule has 0 atom stereocenters. The number of aromatic hydroxyl groups is 1. The van der Waals surface area contributed by atoms with E-state index in [4.69, 9.17) is 16.7 Å². The van der Waals surface area contributed by atoms with Crippen LogP contribution in [0.3, 0.4) is 0 Å². The molecule has 0 saturated carbocycles. The zero-order valence-corrected chi connectivity index (χ0v) is 7.05. The molecule has 0 amide bonds. The maximum absolute atomic E-state index is 9.17. The molecule has 0 fully saturated rings. The van der Waals surface area contributed by atoms with Crippen molar-refractivity contribution in [2.45, 2.75) is 0 Å². The molecule has 0 saturated heterocycles. The Morgan fingerprint density at radius 1 is 0.917 bits per heavy atom. The summed E-state index contributed by atoms with van der Waals surface area (Å²) in [5, 5.41) is 11.9. The van der Waals surface area contributed by atoms with E-state index in [-0.39, 0.29) is 5.75 Å². The van der Waals surface area contributed by atoms with E-state index in [1.54, 1.807) is 12.1 Å². The third-order valence-electron chi connectivity index (χ3n) is 1.79. The first kappa shape index (κ1) is 7.44. The summed E-state index contributed by atoms with van der Waals surface area (Å²) in [6, 6.07) is 10.8. The molecule has 60 valence electrons. The molecule has 0 aliphatic rings. The summed E-state index contributed by atoms with van der Waals surface area (Å²) < 4.78 is 0. The van der Waals surface area contributed by atoms with Crippen LogP contribution in [0.4, 0.5) is 0 Å². The van der Waals surface area contributed by atoms with Gasteiger partial charge in [0, 0.05) is 5.02 Å². The van der Waals surface area contributed by atoms with Gasteiger partial charge in [0.15, 0.2) is 0 Å². The Kier molecular flexibility index (Phi) is 1.66. The van der Waals surface area contributed by atoms with Gasteiger partial charge >= 0.3 is 0 Å². The standard InChI is InChI=1S/C10H7ClO/c11-9-3-1-8-6-10(12)4-2-7(8)5-9/h1-6,12H. The largest absolute Gasteiger partial charge is 0.508 e. The van der Waals surface area contributed by atoms with Gasteiger partial charge in [-0.3, -0.25) is 0 Å². The van der Waals surface area contributed by atoms with Crippen LogP contribution in [0.15, 0.2) is 36.4 Å². The van der Waals surface area contributed by atoms with Gasteiger partial charge in [-0.1, -0.05) is 23.7 Å². The van der Waals surface area contributed by atoms with Crippen molar-refractivity contribution < 1.29 is 5.11 Å². The fraction of sp³-hybridized carbons (Fsp3) is 0. The molecule has 0 aliphatic carbocycles. The Morgan fingerprint density at radius 2 is 1.58 bits per heavy atom. The highest BCUT2D eigenvalue weighted by molar-refractivity contribution is 6.31. The van der Waals surface area contributed by atoms with Gasteiger partial charge in [-0.25, -0.2) is 0 Å². The molecule has 0 aliphatic heterocycles. The van der Waals surface area contributed by atoms with Crippen LogP contribution in [0, 0.1) is 0 Å². The van der Waals surface area contributed by atoms with E-state index >= 15 is 0 Å². The van der Waals surface area contributed by atoms with Gasteiger partial charge in [0.05, 0.1) is 0 Å². The molecule has 2 heteroatoms. The molecule has 2 aromatic rings. The second-order valence-electron chi connectivity index (χ2n) is 2.68. The maximum Gasteiger partial charge on any atom is 0.116 e. The van der Waals surface area contributed by atoms with Crippen LogP contribution in [0.1, 0.15) is 0 Å². The molecular formula is C10H7ClO. The smallest absolute Gasteiger partial charge is 0.116 e. The van der Waals surface area contributed by atoms with Gasteiger partial charge in [0.25, 0.3) is 0 Å². The zero-order valence-electron chi connectivity index (χ0n) is 6.29. The van der Waals surface area contributed by atoms with E-state index in [9.17, 15) is 0 Å². The van der Waals surface area contributed by atoms with Crippen LogP contribution in [-0.4, -0.2) is 5.11 Å². The Morgan fingerprint density at radius 3 is 2.42 bits per heavy atom. The average molecular weight is 179 g/mol. The van der Waals surface area contributed by atoms with Crippen molar-refractivity contribution in [2.24, 2.45) is 0 Å². The van der Waals surface area contributed by atoms with Crippen LogP contribution >= 0.6 is 11.6 Å². The van der Waals surface area contributed by atoms with E-state index in [1.165, 1.54) is 0 Å². The molecule has 0 bridgehead atoms. The molecular weight excluding hydrogens is 172 g/mol. The fourth-order valence-electron chi connectivity index (χ4n) is 1.20. The second-order valence-corrected chi connectivity index (χ2v) is 3.11. The molecule has 2 aromatic carbocycles. The van der Waals surface area contributed by atoms with E-state index in [2.05, 4.69) is 0 Å². The summed E-state index contributed by atoms with van der Waals surface area (Å²) in [6.45, 7) is 0. The minimum Gasteiger partial charge on any atom is -0.508 e. The number of halogens is 1. The average Bonchev–Trinajstić information content (AvgIpc) is 2.05. The molecule has 0 aromatic heterocycles. The summed E-state index contributed by atoms with van der Waals surface area (Å²) in [5.41, 5.74) is 0. The number of phenols is 1. The first-order chi connectivity index (χ1) is 5.75. The second kappa shape index (κ2) is 2.68. The van der Waals surface area contributed by atoms with Gasteiger partial charge in [-0.05, 0) is 35.0 Å². The lowest BCUT2D eigenvalue weighted by molar-refractivity contribution is 0.476. The third kappa shape index (κ3) is 1.23.